The molecule has 1 aromatic heterocycles. The predicted octanol–water partition coefficient (Wildman–Crippen LogP) is 5.02. The van der Waals surface area contributed by atoms with E-state index in [1.54, 1.807) is 23.5 Å². The molecule has 0 aliphatic heterocycles. The first-order valence-electron chi connectivity index (χ1n) is 5.33. The summed E-state index contributed by atoms with van der Waals surface area (Å²) in [7, 11) is 0. The van der Waals surface area contributed by atoms with E-state index in [1.807, 2.05) is 0 Å². The normalized spacial score (nSPS) is 12.5. The van der Waals surface area contributed by atoms with Gasteiger partial charge in [-0.3, -0.25) is 0 Å². The molecule has 0 saturated carbocycles. The number of hydrogen-bond donors (Lipinski definition) is 1. The smallest absolute Gasteiger partial charge is 0.141 e. The molecule has 2 aromatic rings. The van der Waals surface area contributed by atoms with Crippen LogP contribution in [-0.4, -0.2) is 0 Å². The summed E-state index contributed by atoms with van der Waals surface area (Å²) in [6, 6.07) is 6.96. The number of benzene rings is 1. The largest absolute Gasteiger partial charge is 0.378 e. The third kappa shape index (κ3) is 2.79. The Morgan fingerprint density at radius 1 is 1.35 bits per heavy atom. The zero-order valence-corrected chi connectivity index (χ0v) is 11.2. The van der Waals surface area contributed by atoms with Gasteiger partial charge in [0.1, 0.15) is 5.82 Å². The van der Waals surface area contributed by atoms with Crippen LogP contribution in [0.5, 0.6) is 0 Å². The molecule has 1 nitrogen and oxygen atoms in total. The highest BCUT2D eigenvalue weighted by molar-refractivity contribution is 7.10. The average Bonchev–Trinajstić information content (AvgIpc) is 2.70. The minimum Gasteiger partial charge on any atom is -0.378 e. The molecular formula is C13H13ClFNS. The molecule has 90 valence electrons. The number of thiophene rings is 1. The highest BCUT2D eigenvalue weighted by Gasteiger charge is 2.10. The fourth-order valence-corrected chi connectivity index (χ4v) is 2.85. The lowest BCUT2D eigenvalue weighted by molar-refractivity contribution is 0.628. The van der Waals surface area contributed by atoms with Gasteiger partial charge in [-0.15, -0.1) is 11.3 Å². The van der Waals surface area contributed by atoms with E-state index in [0.717, 1.165) is 5.69 Å². The molecule has 1 unspecified atom stereocenters. The molecule has 17 heavy (non-hydrogen) atoms. The van der Waals surface area contributed by atoms with Crippen molar-refractivity contribution in [3.05, 3.63) is 50.9 Å². The first-order chi connectivity index (χ1) is 8.08. The summed E-state index contributed by atoms with van der Waals surface area (Å²) in [4.78, 5) is 1.28. The Hall–Kier alpha value is -1.06. The van der Waals surface area contributed by atoms with Gasteiger partial charge >= 0.3 is 0 Å². The van der Waals surface area contributed by atoms with Crippen molar-refractivity contribution in [2.45, 2.75) is 19.9 Å². The first-order valence-corrected chi connectivity index (χ1v) is 6.59. The first kappa shape index (κ1) is 12.4. The Labute approximate surface area is 109 Å². The van der Waals surface area contributed by atoms with Crippen LogP contribution in [0.25, 0.3) is 0 Å². The maximum atomic E-state index is 13.0. The number of aryl methyl sites for hydroxylation is 1. The molecule has 0 aliphatic rings. The highest BCUT2D eigenvalue weighted by Crippen LogP contribution is 2.28. The maximum Gasteiger partial charge on any atom is 0.141 e. The zero-order valence-electron chi connectivity index (χ0n) is 9.63. The summed E-state index contributed by atoms with van der Waals surface area (Å²) in [5.41, 5.74) is 2.10. The Kier molecular flexibility index (Phi) is 3.69. The molecule has 0 amide bonds. The van der Waals surface area contributed by atoms with E-state index >= 15 is 0 Å². The Morgan fingerprint density at radius 3 is 2.71 bits per heavy atom. The van der Waals surface area contributed by atoms with E-state index in [2.05, 4.69) is 30.6 Å². The molecule has 1 atom stereocenters. The van der Waals surface area contributed by atoms with Crippen LogP contribution >= 0.6 is 22.9 Å². The standard InChI is InChI=1S/C13H13ClFNS/c1-8-5-6-17-13(8)9(2)16-10-3-4-12(15)11(14)7-10/h3-7,9,16H,1-2H3. The summed E-state index contributed by atoms with van der Waals surface area (Å²) >= 11 is 7.46. The number of anilines is 1. The van der Waals surface area contributed by atoms with Crippen molar-refractivity contribution in [1.82, 2.24) is 0 Å². The van der Waals surface area contributed by atoms with Gasteiger partial charge in [0.25, 0.3) is 0 Å². The van der Waals surface area contributed by atoms with Crippen LogP contribution in [0, 0.1) is 12.7 Å². The molecule has 4 heteroatoms. The van der Waals surface area contributed by atoms with E-state index in [9.17, 15) is 4.39 Å². The maximum absolute atomic E-state index is 13.0. The lowest BCUT2D eigenvalue weighted by Gasteiger charge is -2.15. The van der Waals surface area contributed by atoms with Crippen LogP contribution in [0.15, 0.2) is 29.6 Å². The van der Waals surface area contributed by atoms with Crippen LogP contribution < -0.4 is 5.32 Å². The Balaban J connectivity index is 2.16. The van der Waals surface area contributed by atoms with Crippen molar-refractivity contribution in [2.24, 2.45) is 0 Å². The Morgan fingerprint density at radius 2 is 2.12 bits per heavy atom. The van der Waals surface area contributed by atoms with E-state index in [4.69, 9.17) is 11.6 Å². The summed E-state index contributed by atoms with van der Waals surface area (Å²) in [5.74, 6) is -0.392. The summed E-state index contributed by atoms with van der Waals surface area (Å²) in [6.07, 6.45) is 0. The minimum absolute atomic E-state index is 0.144. The van der Waals surface area contributed by atoms with E-state index < -0.39 is 5.82 Å². The van der Waals surface area contributed by atoms with Crippen molar-refractivity contribution >= 4 is 28.6 Å². The van der Waals surface area contributed by atoms with Crippen molar-refractivity contribution < 1.29 is 4.39 Å². The molecule has 0 radical (unpaired) electrons. The van der Waals surface area contributed by atoms with Crippen molar-refractivity contribution in [3.63, 3.8) is 0 Å². The van der Waals surface area contributed by atoms with Gasteiger partial charge in [0.05, 0.1) is 11.1 Å². The van der Waals surface area contributed by atoms with E-state index in [1.165, 1.54) is 16.5 Å². The average molecular weight is 270 g/mol. The van der Waals surface area contributed by atoms with E-state index in [-0.39, 0.29) is 11.1 Å². The van der Waals surface area contributed by atoms with Crippen LogP contribution in [0.2, 0.25) is 5.02 Å². The topological polar surface area (TPSA) is 12.0 Å². The fourth-order valence-electron chi connectivity index (χ4n) is 1.73. The van der Waals surface area contributed by atoms with E-state index in [0.29, 0.717) is 0 Å². The van der Waals surface area contributed by atoms with Crippen molar-refractivity contribution in [2.75, 3.05) is 5.32 Å². The Bertz CT molecular complexity index is 524. The third-order valence-corrected chi connectivity index (χ3v) is 4.09. The van der Waals surface area contributed by atoms with Crippen LogP contribution in [0.3, 0.4) is 0 Å². The van der Waals surface area contributed by atoms with Gasteiger partial charge in [0.15, 0.2) is 0 Å². The molecule has 0 aliphatic carbocycles. The monoisotopic (exact) mass is 269 g/mol. The molecule has 0 saturated heterocycles. The quantitative estimate of drug-likeness (QED) is 0.825. The molecule has 0 fully saturated rings. The van der Waals surface area contributed by atoms with Gasteiger partial charge in [-0.05, 0) is 49.1 Å². The number of halogens is 2. The number of hydrogen-bond acceptors (Lipinski definition) is 2. The lowest BCUT2D eigenvalue weighted by Crippen LogP contribution is -2.06. The summed E-state index contributed by atoms with van der Waals surface area (Å²) in [6.45, 7) is 4.16. The zero-order chi connectivity index (χ0) is 12.4. The van der Waals surface area contributed by atoms with Gasteiger partial charge in [0, 0.05) is 10.6 Å². The molecule has 1 heterocycles. The number of rotatable bonds is 3. The van der Waals surface area contributed by atoms with Crippen molar-refractivity contribution in [3.8, 4) is 0 Å². The third-order valence-electron chi connectivity index (χ3n) is 2.60. The van der Waals surface area contributed by atoms with Crippen molar-refractivity contribution in [1.29, 1.82) is 0 Å². The SMILES string of the molecule is Cc1ccsc1C(C)Nc1ccc(F)c(Cl)c1. The van der Waals surface area contributed by atoms with Crippen LogP contribution in [0.1, 0.15) is 23.4 Å². The van der Waals surface area contributed by atoms with Gasteiger partial charge in [-0.25, -0.2) is 4.39 Å². The molecule has 2 rings (SSSR count). The highest BCUT2D eigenvalue weighted by atomic mass is 35.5. The fraction of sp³-hybridized carbons (Fsp3) is 0.231. The van der Waals surface area contributed by atoms with Gasteiger partial charge < -0.3 is 5.32 Å². The predicted molar refractivity (Wildman–Crippen MR) is 72.5 cm³/mol. The minimum atomic E-state index is -0.392. The molecule has 0 bridgehead atoms. The molecule has 0 spiro atoms. The van der Waals surface area contributed by atoms with Gasteiger partial charge in [-0.2, -0.15) is 0 Å². The van der Waals surface area contributed by atoms with Crippen LogP contribution in [0.4, 0.5) is 10.1 Å². The summed E-state index contributed by atoms with van der Waals surface area (Å²) < 4.78 is 13.0. The lowest BCUT2D eigenvalue weighted by atomic mass is 10.2. The molecular weight excluding hydrogens is 257 g/mol. The molecule has 1 aromatic carbocycles. The molecule has 1 N–H and O–H groups in total. The van der Waals surface area contributed by atoms with Gasteiger partial charge in [0.2, 0.25) is 0 Å². The number of nitrogens with one attached hydrogen (secondary N) is 1. The van der Waals surface area contributed by atoms with Crippen LogP contribution in [-0.2, 0) is 0 Å². The summed E-state index contributed by atoms with van der Waals surface area (Å²) in [5, 5.41) is 5.53. The van der Waals surface area contributed by atoms with Gasteiger partial charge in [-0.1, -0.05) is 11.6 Å². The second-order valence-electron chi connectivity index (χ2n) is 3.96. The second kappa shape index (κ2) is 5.07. The second-order valence-corrected chi connectivity index (χ2v) is 5.32.